The Balaban J connectivity index is 1.91. The highest BCUT2D eigenvalue weighted by atomic mass is 35.5. The number of hydrogen-bond acceptors (Lipinski definition) is 1. The maximum absolute atomic E-state index is 11.8. The lowest BCUT2D eigenvalue weighted by Crippen LogP contribution is -2.32. The lowest BCUT2D eigenvalue weighted by atomic mass is 9.85. The fraction of sp³-hybridized carbons (Fsp3) is 0.462. The van der Waals surface area contributed by atoms with Crippen LogP contribution < -0.4 is 5.32 Å². The summed E-state index contributed by atoms with van der Waals surface area (Å²) in [4.78, 5) is 11.8. The summed E-state index contributed by atoms with van der Waals surface area (Å²) in [5, 5.41) is 2.97. The van der Waals surface area contributed by atoms with Gasteiger partial charge >= 0.3 is 0 Å². The average molecular weight is 238 g/mol. The SMILES string of the molecule is O=C(NCC1CCC1)c1cccc(CCl)c1. The third-order valence-electron chi connectivity index (χ3n) is 3.12. The first-order chi connectivity index (χ1) is 7.79. The fourth-order valence-corrected chi connectivity index (χ4v) is 2.00. The first kappa shape index (κ1) is 11.5. The molecule has 1 aliphatic carbocycles. The molecule has 86 valence electrons. The number of alkyl halides is 1. The number of halogens is 1. The molecule has 0 radical (unpaired) electrons. The van der Waals surface area contributed by atoms with E-state index in [4.69, 9.17) is 11.6 Å². The summed E-state index contributed by atoms with van der Waals surface area (Å²) in [6.07, 6.45) is 3.81. The third kappa shape index (κ3) is 2.76. The van der Waals surface area contributed by atoms with Gasteiger partial charge in [0.25, 0.3) is 5.91 Å². The highest BCUT2D eigenvalue weighted by Crippen LogP contribution is 2.25. The fourth-order valence-electron chi connectivity index (χ4n) is 1.83. The first-order valence-electron chi connectivity index (χ1n) is 5.72. The Morgan fingerprint density at radius 3 is 2.88 bits per heavy atom. The molecule has 1 saturated carbocycles. The van der Waals surface area contributed by atoms with E-state index in [0.29, 0.717) is 17.4 Å². The maximum atomic E-state index is 11.8. The summed E-state index contributed by atoms with van der Waals surface area (Å²) in [7, 11) is 0. The number of nitrogens with one attached hydrogen (secondary N) is 1. The molecule has 2 rings (SSSR count). The van der Waals surface area contributed by atoms with Gasteiger partial charge in [0.2, 0.25) is 0 Å². The molecule has 0 bridgehead atoms. The minimum atomic E-state index is 0.0128. The van der Waals surface area contributed by atoms with Crippen molar-refractivity contribution in [3.63, 3.8) is 0 Å². The van der Waals surface area contributed by atoms with Crippen molar-refractivity contribution in [3.05, 3.63) is 35.4 Å². The number of carbonyl (C=O) groups excluding carboxylic acids is 1. The van der Waals surface area contributed by atoms with Gasteiger partial charge in [-0.3, -0.25) is 4.79 Å². The number of benzene rings is 1. The zero-order valence-corrected chi connectivity index (χ0v) is 9.96. The molecule has 16 heavy (non-hydrogen) atoms. The van der Waals surface area contributed by atoms with Gasteiger partial charge in [-0.1, -0.05) is 18.6 Å². The second kappa shape index (κ2) is 5.35. The number of carbonyl (C=O) groups is 1. The summed E-state index contributed by atoms with van der Waals surface area (Å²) in [5.41, 5.74) is 1.69. The quantitative estimate of drug-likeness (QED) is 0.802. The van der Waals surface area contributed by atoms with E-state index in [1.54, 1.807) is 0 Å². The Labute approximate surface area is 101 Å². The van der Waals surface area contributed by atoms with Crippen LogP contribution in [0.15, 0.2) is 24.3 Å². The number of hydrogen-bond donors (Lipinski definition) is 1. The molecule has 1 aromatic carbocycles. The van der Waals surface area contributed by atoms with Crippen molar-refractivity contribution in [1.29, 1.82) is 0 Å². The van der Waals surface area contributed by atoms with Gasteiger partial charge in [0.1, 0.15) is 0 Å². The maximum Gasteiger partial charge on any atom is 0.251 e. The highest BCUT2D eigenvalue weighted by molar-refractivity contribution is 6.17. The van der Waals surface area contributed by atoms with Crippen LogP contribution in [-0.2, 0) is 5.88 Å². The largest absolute Gasteiger partial charge is 0.352 e. The summed E-state index contributed by atoms with van der Waals surface area (Å²) < 4.78 is 0. The van der Waals surface area contributed by atoms with Crippen molar-refractivity contribution in [3.8, 4) is 0 Å². The van der Waals surface area contributed by atoms with Crippen LogP contribution in [0.2, 0.25) is 0 Å². The van der Waals surface area contributed by atoms with E-state index in [1.807, 2.05) is 24.3 Å². The Morgan fingerprint density at radius 1 is 1.44 bits per heavy atom. The van der Waals surface area contributed by atoms with Gasteiger partial charge in [0.15, 0.2) is 0 Å². The van der Waals surface area contributed by atoms with Crippen molar-refractivity contribution < 1.29 is 4.79 Å². The summed E-state index contributed by atoms with van der Waals surface area (Å²) in [5.74, 6) is 1.16. The van der Waals surface area contributed by atoms with Crippen molar-refractivity contribution in [1.82, 2.24) is 5.32 Å². The van der Waals surface area contributed by atoms with Crippen LogP contribution in [0, 0.1) is 5.92 Å². The minimum Gasteiger partial charge on any atom is -0.352 e. The molecule has 1 fully saturated rings. The van der Waals surface area contributed by atoms with Gasteiger partial charge in [-0.2, -0.15) is 0 Å². The van der Waals surface area contributed by atoms with Gasteiger partial charge in [0.05, 0.1) is 0 Å². The standard InChI is InChI=1S/C13H16ClNO/c14-8-11-5-2-6-12(7-11)13(16)15-9-10-3-1-4-10/h2,5-7,10H,1,3-4,8-9H2,(H,15,16). The number of amides is 1. The molecule has 2 nitrogen and oxygen atoms in total. The van der Waals surface area contributed by atoms with Crippen LogP contribution in [0.5, 0.6) is 0 Å². The topological polar surface area (TPSA) is 29.1 Å². The Kier molecular flexibility index (Phi) is 3.83. The number of rotatable bonds is 4. The molecule has 1 aromatic rings. The average Bonchev–Trinajstić information content (AvgIpc) is 2.27. The highest BCUT2D eigenvalue weighted by Gasteiger charge is 2.18. The van der Waals surface area contributed by atoms with Crippen molar-refractivity contribution in [2.45, 2.75) is 25.1 Å². The lowest BCUT2D eigenvalue weighted by molar-refractivity contribution is 0.0939. The molecule has 3 heteroatoms. The van der Waals surface area contributed by atoms with E-state index >= 15 is 0 Å². The minimum absolute atomic E-state index is 0.0128. The van der Waals surface area contributed by atoms with Crippen LogP contribution in [0.4, 0.5) is 0 Å². The molecular weight excluding hydrogens is 222 g/mol. The predicted molar refractivity (Wildman–Crippen MR) is 65.7 cm³/mol. The van der Waals surface area contributed by atoms with Crippen LogP contribution in [0.1, 0.15) is 35.2 Å². The van der Waals surface area contributed by atoms with Gasteiger partial charge in [-0.05, 0) is 36.5 Å². The summed E-state index contributed by atoms with van der Waals surface area (Å²) in [6.45, 7) is 0.809. The molecule has 0 aliphatic heterocycles. The molecule has 1 amide bonds. The van der Waals surface area contributed by atoms with E-state index in [2.05, 4.69) is 5.32 Å². The van der Waals surface area contributed by atoms with Gasteiger partial charge in [-0.15, -0.1) is 11.6 Å². The van der Waals surface area contributed by atoms with E-state index in [1.165, 1.54) is 19.3 Å². The second-order valence-corrected chi connectivity index (χ2v) is 4.61. The van der Waals surface area contributed by atoms with Crippen molar-refractivity contribution in [2.24, 2.45) is 5.92 Å². The monoisotopic (exact) mass is 237 g/mol. The Morgan fingerprint density at radius 2 is 2.25 bits per heavy atom. The van der Waals surface area contributed by atoms with Gasteiger partial charge < -0.3 is 5.32 Å². The van der Waals surface area contributed by atoms with E-state index in [0.717, 1.165) is 12.1 Å². The van der Waals surface area contributed by atoms with Crippen LogP contribution in [0.25, 0.3) is 0 Å². The molecule has 0 aromatic heterocycles. The molecule has 0 unspecified atom stereocenters. The Hall–Kier alpha value is -1.02. The van der Waals surface area contributed by atoms with E-state index < -0.39 is 0 Å². The summed E-state index contributed by atoms with van der Waals surface area (Å²) in [6, 6.07) is 7.47. The molecule has 0 spiro atoms. The molecule has 0 heterocycles. The molecule has 0 atom stereocenters. The van der Waals surface area contributed by atoms with Crippen LogP contribution in [-0.4, -0.2) is 12.5 Å². The van der Waals surface area contributed by atoms with Crippen LogP contribution in [0.3, 0.4) is 0 Å². The Bertz CT molecular complexity index is 374. The normalized spacial score (nSPS) is 15.6. The first-order valence-corrected chi connectivity index (χ1v) is 6.26. The van der Waals surface area contributed by atoms with Gasteiger partial charge in [0, 0.05) is 18.0 Å². The smallest absolute Gasteiger partial charge is 0.251 e. The van der Waals surface area contributed by atoms with E-state index in [-0.39, 0.29) is 5.91 Å². The molecule has 1 aliphatic rings. The molecule has 0 saturated heterocycles. The zero-order chi connectivity index (χ0) is 11.4. The summed E-state index contributed by atoms with van der Waals surface area (Å²) >= 11 is 5.73. The molecular formula is C13H16ClNO. The lowest BCUT2D eigenvalue weighted by Gasteiger charge is -2.25. The van der Waals surface area contributed by atoms with Crippen molar-refractivity contribution >= 4 is 17.5 Å². The predicted octanol–water partition coefficient (Wildman–Crippen LogP) is 2.96. The third-order valence-corrected chi connectivity index (χ3v) is 3.43. The van der Waals surface area contributed by atoms with Gasteiger partial charge in [-0.25, -0.2) is 0 Å². The van der Waals surface area contributed by atoms with E-state index in [9.17, 15) is 4.79 Å². The second-order valence-electron chi connectivity index (χ2n) is 4.34. The van der Waals surface area contributed by atoms with Crippen molar-refractivity contribution in [2.75, 3.05) is 6.54 Å². The zero-order valence-electron chi connectivity index (χ0n) is 9.21. The van der Waals surface area contributed by atoms with Crippen LogP contribution >= 0.6 is 11.6 Å². The molecule has 1 N–H and O–H groups in total.